The van der Waals surface area contributed by atoms with Crippen LogP contribution in [0.2, 0.25) is 0 Å². The average molecular weight is 728 g/mol. The molecular formula is C34H48BBrN6O6. The van der Waals surface area contributed by atoms with Crippen molar-refractivity contribution in [2.24, 2.45) is 11.8 Å². The summed E-state index contributed by atoms with van der Waals surface area (Å²) >= 11 is 3.34. The largest absolute Gasteiger partial charge is 0.494 e. The average Bonchev–Trinajstić information content (AvgIpc) is 3.25. The van der Waals surface area contributed by atoms with Gasteiger partial charge in [0, 0.05) is 31.7 Å². The van der Waals surface area contributed by atoms with Crippen LogP contribution in [0.3, 0.4) is 0 Å². The Morgan fingerprint density at radius 1 is 0.792 bits per heavy atom. The molecule has 2 N–H and O–H groups in total. The standard InChI is InChI=1S/C19H26BN3O4.C13H14BrN3O2.2CH4/c1-12(16(24)21-6)10-23-11-22-15-8-7-13(9-14(15)17(23)25)20-26-18(2,3)19(4,5)27-20;1-8(12(18)15-2)6-17-7-16-11-4-3-9(14)5-10(11)13(17)19;;/h7-9,11-12H,10H2,1-6H3,(H,21,24);3-5,7-8H,6H2,1-2H3,(H,15,18);2*1H4. The van der Waals surface area contributed by atoms with Crippen molar-refractivity contribution in [2.45, 2.75) is 80.7 Å². The molecule has 12 nitrogen and oxygen atoms in total. The summed E-state index contributed by atoms with van der Waals surface area (Å²) in [6, 6.07) is 10.8. The second-order valence-electron chi connectivity index (χ2n) is 12.5. The number of carbonyl (C=O) groups is 2. The van der Waals surface area contributed by atoms with Crippen LogP contribution < -0.4 is 27.2 Å². The summed E-state index contributed by atoms with van der Waals surface area (Å²) in [5.41, 5.74) is 0.796. The molecule has 0 aliphatic carbocycles. The zero-order chi connectivity index (χ0) is 34.0. The molecule has 0 spiro atoms. The molecule has 5 rings (SSSR count). The molecule has 48 heavy (non-hydrogen) atoms. The van der Waals surface area contributed by atoms with Gasteiger partial charge in [-0.05, 0) is 63.5 Å². The van der Waals surface area contributed by atoms with Gasteiger partial charge in [-0.3, -0.25) is 28.3 Å². The topological polar surface area (TPSA) is 146 Å². The molecule has 0 saturated carbocycles. The fourth-order valence-corrected chi connectivity index (χ4v) is 5.30. The van der Waals surface area contributed by atoms with Gasteiger partial charge in [0.15, 0.2) is 0 Å². The third kappa shape index (κ3) is 8.58. The first-order valence-electron chi connectivity index (χ1n) is 15.0. The van der Waals surface area contributed by atoms with Gasteiger partial charge in [-0.2, -0.15) is 0 Å². The summed E-state index contributed by atoms with van der Waals surface area (Å²) in [7, 11) is 2.62. The molecule has 1 aliphatic heterocycles. The highest BCUT2D eigenvalue weighted by atomic mass is 79.9. The molecule has 14 heteroatoms. The van der Waals surface area contributed by atoms with Crippen molar-refractivity contribution in [3.8, 4) is 0 Å². The molecule has 0 radical (unpaired) electrons. The molecule has 2 aromatic carbocycles. The van der Waals surface area contributed by atoms with Gasteiger partial charge < -0.3 is 19.9 Å². The monoisotopic (exact) mass is 726 g/mol. The molecule has 2 atom stereocenters. The Morgan fingerprint density at radius 2 is 1.21 bits per heavy atom. The summed E-state index contributed by atoms with van der Waals surface area (Å²) in [5.74, 6) is -0.832. The minimum atomic E-state index is -0.544. The van der Waals surface area contributed by atoms with E-state index in [9.17, 15) is 19.2 Å². The zero-order valence-corrected chi connectivity index (χ0v) is 29.0. The Labute approximate surface area is 290 Å². The van der Waals surface area contributed by atoms with Crippen LogP contribution in [-0.4, -0.2) is 63.3 Å². The van der Waals surface area contributed by atoms with Gasteiger partial charge in [-0.25, -0.2) is 9.97 Å². The van der Waals surface area contributed by atoms with E-state index < -0.39 is 18.3 Å². The maximum absolute atomic E-state index is 12.9. The van der Waals surface area contributed by atoms with Crippen molar-refractivity contribution < 1.29 is 18.9 Å². The third-order valence-electron chi connectivity index (χ3n) is 8.49. The van der Waals surface area contributed by atoms with Gasteiger partial charge in [-0.15, -0.1) is 0 Å². The first-order chi connectivity index (χ1) is 21.6. The number of fused-ring (bicyclic) bond motifs is 2. The number of carbonyl (C=O) groups excluding carboxylic acids is 2. The van der Waals surface area contributed by atoms with Crippen LogP contribution in [0.4, 0.5) is 0 Å². The molecule has 2 aromatic heterocycles. The number of halogens is 1. The minimum absolute atomic E-state index is 0. The first-order valence-corrected chi connectivity index (χ1v) is 15.8. The fourth-order valence-electron chi connectivity index (χ4n) is 4.94. The predicted octanol–water partition coefficient (Wildman–Crippen LogP) is 3.89. The molecule has 2 amide bonds. The van der Waals surface area contributed by atoms with Gasteiger partial charge in [0.1, 0.15) is 0 Å². The summed E-state index contributed by atoms with van der Waals surface area (Å²) in [4.78, 5) is 57.0. The summed E-state index contributed by atoms with van der Waals surface area (Å²) in [5, 5.41) is 6.19. The number of nitrogens with zero attached hydrogens (tertiary/aromatic N) is 4. The van der Waals surface area contributed by atoms with Crippen LogP contribution in [0.15, 0.2) is 63.1 Å². The van der Waals surface area contributed by atoms with E-state index in [-0.39, 0.29) is 56.2 Å². The molecule has 1 fully saturated rings. The highest BCUT2D eigenvalue weighted by Gasteiger charge is 2.51. The lowest BCUT2D eigenvalue weighted by molar-refractivity contribution is -0.125. The van der Waals surface area contributed by atoms with Crippen molar-refractivity contribution >= 4 is 62.1 Å². The van der Waals surface area contributed by atoms with Crippen molar-refractivity contribution in [3.05, 3.63) is 74.2 Å². The lowest BCUT2D eigenvalue weighted by atomic mass is 9.78. The Hall–Kier alpha value is -3.88. The molecule has 1 saturated heterocycles. The van der Waals surface area contributed by atoms with Crippen molar-refractivity contribution in [1.29, 1.82) is 0 Å². The molecular weight excluding hydrogens is 679 g/mol. The number of amides is 2. The molecule has 260 valence electrons. The van der Waals surface area contributed by atoms with Gasteiger partial charge >= 0.3 is 7.12 Å². The summed E-state index contributed by atoms with van der Waals surface area (Å²) in [6.45, 7) is 12.1. The Morgan fingerprint density at radius 3 is 1.65 bits per heavy atom. The summed E-state index contributed by atoms with van der Waals surface area (Å²) in [6.07, 6.45) is 2.97. The van der Waals surface area contributed by atoms with Crippen LogP contribution in [0.25, 0.3) is 21.8 Å². The number of hydrogen-bond acceptors (Lipinski definition) is 8. The molecule has 0 bridgehead atoms. The van der Waals surface area contributed by atoms with E-state index in [1.54, 1.807) is 52.2 Å². The second kappa shape index (κ2) is 16.0. The maximum atomic E-state index is 12.9. The smallest absolute Gasteiger partial charge is 0.399 e. The van der Waals surface area contributed by atoms with E-state index in [0.717, 1.165) is 9.94 Å². The normalized spacial score (nSPS) is 15.7. The SMILES string of the molecule is C.C.CNC(=O)C(C)Cn1cnc2ccc(B3OC(C)(C)C(C)(C)O3)cc2c1=O.CNC(=O)C(C)Cn1cnc2ccc(Br)cc2c1=O. The Bertz CT molecular complexity index is 1880. The third-order valence-corrected chi connectivity index (χ3v) is 8.98. The fraction of sp³-hybridized carbons (Fsp3) is 0.471. The lowest BCUT2D eigenvalue weighted by Crippen LogP contribution is -2.41. The van der Waals surface area contributed by atoms with Crippen LogP contribution >= 0.6 is 15.9 Å². The van der Waals surface area contributed by atoms with Crippen molar-refractivity contribution in [3.63, 3.8) is 0 Å². The highest BCUT2D eigenvalue weighted by Crippen LogP contribution is 2.36. The zero-order valence-electron chi connectivity index (χ0n) is 27.4. The van der Waals surface area contributed by atoms with Gasteiger partial charge in [0.2, 0.25) is 11.8 Å². The Balaban J connectivity index is 0.000000338. The highest BCUT2D eigenvalue weighted by molar-refractivity contribution is 9.10. The van der Waals surface area contributed by atoms with E-state index in [1.165, 1.54) is 21.8 Å². The summed E-state index contributed by atoms with van der Waals surface area (Å²) < 4.78 is 15.9. The van der Waals surface area contributed by atoms with E-state index in [2.05, 4.69) is 36.5 Å². The minimum Gasteiger partial charge on any atom is -0.399 e. The van der Waals surface area contributed by atoms with Gasteiger partial charge in [-0.1, -0.05) is 50.7 Å². The van der Waals surface area contributed by atoms with E-state index in [4.69, 9.17) is 9.31 Å². The van der Waals surface area contributed by atoms with Crippen LogP contribution in [0.5, 0.6) is 0 Å². The second-order valence-corrected chi connectivity index (χ2v) is 13.4. The molecule has 3 heterocycles. The number of aromatic nitrogens is 4. The first kappa shape index (κ1) is 40.3. The number of benzene rings is 2. The quantitative estimate of drug-likeness (QED) is 0.273. The van der Waals surface area contributed by atoms with Crippen LogP contribution in [0, 0.1) is 11.8 Å². The van der Waals surface area contributed by atoms with Crippen LogP contribution in [0.1, 0.15) is 56.4 Å². The van der Waals surface area contributed by atoms with Crippen LogP contribution in [-0.2, 0) is 32.0 Å². The van der Waals surface area contributed by atoms with E-state index in [0.29, 0.717) is 28.4 Å². The lowest BCUT2D eigenvalue weighted by Gasteiger charge is -2.32. The van der Waals surface area contributed by atoms with Gasteiger partial charge in [0.25, 0.3) is 11.1 Å². The Kier molecular flexibility index (Phi) is 13.4. The van der Waals surface area contributed by atoms with Crippen molar-refractivity contribution in [1.82, 2.24) is 29.7 Å². The van der Waals surface area contributed by atoms with Gasteiger partial charge in [0.05, 0.1) is 57.5 Å². The number of nitrogens with one attached hydrogen (secondary N) is 2. The maximum Gasteiger partial charge on any atom is 0.494 e. The van der Waals surface area contributed by atoms with E-state index in [1.807, 2.05) is 39.8 Å². The molecule has 4 aromatic rings. The number of rotatable bonds is 7. The molecule has 2 unspecified atom stereocenters. The predicted molar refractivity (Wildman–Crippen MR) is 195 cm³/mol. The molecule has 1 aliphatic rings. The number of hydrogen-bond donors (Lipinski definition) is 2. The van der Waals surface area contributed by atoms with E-state index >= 15 is 0 Å². The van der Waals surface area contributed by atoms with Crippen molar-refractivity contribution in [2.75, 3.05) is 14.1 Å².